The van der Waals surface area contributed by atoms with E-state index in [1.165, 1.54) is 0 Å². The van der Waals surface area contributed by atoms with Gasteiger partial charge in [-0.05, 0) is 26.0 Å². The van der Waals surface area contributed by atoms with Crippen LogP contribution < -0.4 is 10.1 Å². The number of nitriles is 1. The number of nitrogens with one attached hydrogen (secondary N) is 1. The van der Waals surface area contributed by atoms with E-state index in [1.54, 1.807) is 6.92 Å². The molecule has 0 heterocycles. The predicted molar refractivity (Wildman–Crippen MR) is 71.8 cm³/mol. The summed E-state index contributed by atoms with van der Waals surface area (Å²) in [5.41, 5.74) is 0.801. The van der Waals surface area contributed by atoms with Crippen LogP contribution in [0.5, 0.6) is 5.75 Å². The monoisotopic (exact) mass is 262 g/mol. The van der Waals surface area contributed by atoms with Crippen molar-refractivity contribution in [3.05, 3.63) is 24.3 Å². The zero-order chi connectivity index (χ0) is 14.1. The van der Waals surface area contributed by atoms with Crippen LogP contribution in [0.3, 0.4) is 0 Å². The van der Waals surface area contributed by atoms with E-state index < -0.39 is 11.9 Å². The molecule has 1 N–H and O–H groups in total. The highest BCUT2D eigenvalue weighted by Crippen LogP contribution is 2.17. The lowest BCUT2D eigenvalue weighted by Crippen LogP contribution is -2.23. The molecule has 1 aromatic rings. The molecule has 0 spiro atoms. The van der Waals surface area contributed by atoms with Gasteiger partial charge in [0.25, 0.3) is 0 Å². The molecule has 0 bridgehead atoms. The molecule has 1 rings (SSSR count). The molecule has 0 unspecified atom stereocenters. The normalized spacial score (nSPS) is 11.2. The lowest BCUT2D eigenvalue weighted by atomic mass is 10.1. The Balaban J connectivity index is 2.57. The number of carbonyl (C=O) groups is 1. The Hall–Kier alpha value is -2.22. The quantitative estimate of drug-likeness (QED) is 0.763. The van der Waals surface area contributed by atoms with Gasteiger partial charge >= 0.3 is 5.97 Å². The van der Waals surface area contributed by atoms with Crippen molar-refractivity contribution >= 4 is 11.7 Å². The SMILES string of the molecule is CCOC(=O)[C@H](C#N)CNc1cccc(OCC)c1. The summed E-state index contributed by atoms with van der Waals surface area (Å²) in [6.45, 7) is 4.70. The van der Waals surface area contributed by atoms with Crippen molar-refractivity contribution < 1.29 is 14.3 Å². The minimum Gasteiger partial charge on any atom is -0.494 e. The third-order valence-electron chi connectivity index (χ3n) is 2.38. The first kappa shape index (κ1) is 14.8. The lowest BCUT2D eigenvalue weighted by molar-refractivity contribution is -0.145. The van der Waals surface area contributed by atoms with Gasteiger partial charge in [0.05, 0.1) is 19.3 Å². The maximum atomic E-state index is 11.5. The molecule has 0 amide bonds. The summed E-state index contributed by atoms with van der Waals surface area (Å²) >= 11 is 0. The number of hydrogen-bond donors (Lipinski definition) is 1. The average molecular weight is 262 g/mol. The van der Waals surface area contributed by atoms with Gasteiger partial charge in [0.1, 0.15) is 5.75 Å². The van der Waals surface area contributed by atoms with Gasteiger partial charge in [-0.15, -0.1) is 0 Å². The van der Waals surface area contributed by atoms with E-state index >= 15 is 0 Å². The van der Waals surface area contributed by atoms with Gasteiger partial charge in [0, 0.05) is 18.3 Å². The summed E-state index contributed by atoms with van der Waals surface area (Å²) in [5.74, 6) is -0.564. The van der Waals surface area contributed by atoms with Crippen LogP contribution in [0, 0.1) is 17.2 Å². The molecule has 0 saturated heterocycles. The molecule has 0 aliphatic carbocycles. The maximum absolute atomic E-state index is 11.5. The summed E-state index contributed by atoms with van der Waals surface area (Å²) in [4.78, 5) is 11.5. The van der Waals surface area contributed by atoms with Crippen molar-refractivity contribution in [1.82, 2.24) is 0 Å². The lowest BCUT2D eigenvalue weighted by Gasteiger charge is -2.11. The summed E-state index contributed by atoms with van der Waals surface area (Å²) in [6, 6.07) is 9.30. The fraction of sp³-hybridized carbons (Fsp3) is 0.429. The molecule has 5 nitrogen and oxygen atoms in total. The Morgan fingerprint density at radius 1 is 1.42 bits per heavy atom. The fourth-order valence-corrected chi connectivity index (χ4v) is 1.51. The van der Waals surface area contributed by atoms with Gasteiger partial charge in [-0.3, -0.25) is 4.79 Å². The molecule has 0 aliphatic heterocycles. The van der Waals surface area contributed by atoms with Crippen LogP contribution in [0.2, 0.25) is 0 Å². The Labute approximate surface area is 113 Å². The van der Waals surface area contributed by atoms with Gasteiger partial charge in [-0.25, -0.2) is 0 Å². The Kier molecular flexibility index (Phi) is 6.23. The predicted octanol–water partition coefficient (Wildman–Crippen LogP) is 2.20. The number of carbonyl (C=O) groups excluding carboxylic acids is 1. The highest BCUT2D eigenvalue weighted by molar-refractivity contribution is 5.76. The van der Waals surface area contributed by atoms with Crippen molar-refractivity contribution in [2.45, 2.75) is 13.8 Å². The van der Waals surface area contributed by atoms with Crippen LogP contribution in [0.1, 0.15) is 13.8 Å². The van der Waals surface area contributed by atoms with Gasteiger partial charge in [0.2, 0.25) is 0 Å². The molecule has 19 heavy (non-hydrogen) atoms. The first-order chi connectivity index (χ1) is 9.21. The van der Waals surface area contributed by atoms with Gasteiger partial charge in [0.15, 0.2) is 5.92 Å². The molecular formula is C14H18N2O3. The molecule has 1 atom stereocenters. The zero-order valence-corrected chi connectivity index (χ0v) is 11.2. The number of hydrogen-bond acceptors (Lipinski definition) is 5. The van der Waals surface area contributed by atoms with Crippen molar-refractivity contribution in [3.63, 3.8) is 0 Å². The number of anilines is 1. The van der Waals surface area contributed by atoms with E-state index in [1.807, 2.05) is 37.3 Å². The van der Waals surface area contributed by atoms with Crippen LogP contribution in [-0.2, 0) is 9.53 Å². The molecule has 0 aliphatic rings. The van der Waals surface area contributed by atoms with Crippen molar-refractivity contribution in [1.29, 1.82) is 5.26 Å². The number of esters is 1. The molecule has 0 saturated carbocycles. The van der Waals surface area contributed by atoms with E-state index in [2.05, 4.69) is 5.32 Å². The fourth-order valence-electron chi connectivity index (χ4n) is 1.51. The summed E-state index contributed by atoms with van der Waals surface area (Å²) in [7, 11) is 0. The third-order valence-corrected chi connectivity index (χ3v) is 2.38. The maximum Gasteiger partial charge on any atom is 0.325 e. The zero-order valence-electron chi connectivity index (χ0n) is 11.2. The van der Waals surface area contributed by atoms with E-state index in [4.69, 9.17) is 14.7 Å². The minimum atomic E-state index is -0.810. The molecule has 5 heteroatoms. The second kappa shape index (κ2) is 7.98. The van der Waals surface area contributed by atoms with Crippen molar-refractivity contribution in [2.24, 2.45) is 5.92 Å². The molecule has 0 aromatic heterocycles. The Bertz CT molecular complexity index is 454. The van der Waals surface area contributed by atoms with E-state index in [0.717, 1.165) is 11.4 Å². The first-order valence-electron chi connectivity index (χ1n) is 6.24. The largest absolute Gasteiger partial charge is 0.494 e. The van der Waals surface area contributed by atoms with Crippen molar-refractivity contribution in [3.8, 4) is 11.8 Å². The van der Waals surface area contributed by atoms with Gasteiger partial charge in [-0.2, -0.15) is 5.26 Å². The van der Waals surface area contributed by atoms with Crippen LogP contribution in [-0.4, -0.2) is 25.7 Å². The standard InChI is InChI=1S/C14H18N2O3/c1-3-18-13-7-5-6-12(8-13)16-10-11(9-15)14(17)19-4-2/h5-8,11,16H,3-4,10H2,1-2H3/t11-/m1/s1. The van der Waals surface area contributed by atoms with E-state index in [9.17, 15) is 4.79 Å². The summed E-state index contributed by atoms with van der Waals surface area (Å²) in [5, 5.41) is 12.0. The van der Waals surface area contributed by atoms with Gasteiger partial charge < -0.3 is 14.8 Å². The Morgan fingerprint density at radius 2 is 2.21 bits per heavy atom. The highest BCUT2D eigenvalue weighted by Gasteiger charge is 2.18. The molecular weight excluding hydrogens is 244 g/mol. The first-order valence-corrected chi connectivity index (χ1v) is 6.24. The van der Waals surface area contributed by atoms with Crippen LogP contribution in [0.4, 0.5) is 5.69 Å². The summed E-state index contributed by atoms with van der Waals surface area (Å²) < 4.78 is 10.2. The average Bonchev–Trinajstić information content (AvgIpc) is 2.40. The molecule has 1 aromatic carbocycles. The number of rotatable bonds is 7. The molecule has 102 valence electrons. The summed E-state index contributed by atoms with van der Waals surface area (Å²) in [6.07, 6.45) is 0. The van der Waals surface area contributed by atoms with Crippen LogP contribution >= 0.6 is 0 Å². The van der Waals surface area contributed by atoms with E-state index in [-0.39, 0.29) is 13.2 Å². The Morgan fingerprint density at radius 3 is 2.84 bits per heavy atom. The van der Waals surface area contributed by atoms with Crippen LogP contribution in [0.15, 0.2) is 24.3 Å². The molecule has 0 radical (unpaired) electrons. The highest BCUT2D eigenvalue weighted by atomic mass is 16.5. The third kappa shape index (κ3) is 4.88. The topological polar surface area (TPSA) is 71.4 Å². The number of nitrogens with zero attached hydrogens (tertiary/aromatic N) is 1. The van der Waals surface area contributed by atoms with Crippen LogP contribution in [0.25, 0.3) is 0 Å². The second-order valence-electron chi connectivity index (χ2n) is 3.78. The minimum absolute atomic E-state index is 0.213. The second-order valence-corrected chi connectivity index (χ2v) is 3.78. The molecule has 0 fully saturated rings. The smallest absolute Gasteiger partial charge is 0.325 e. The number of benzene rings is 1. The van der Waals surface area contributed by atoms with Gasteiger partial charge in [-0.1, -0.05) is 6.07 Å². The van der Waals surface area contributed by atoms with E-state index in [0.29, 0.717) is 6.61 Å². The number of ether oxygens (including phenoxy) is 2. The van der Waals surface area contributed by atoms with Crippen molar-refractivity contribution in [2.75, 3.05) is 25.1 Å².